The van der Waals surface area contributed by atoms with Crippen LogP contribution in [-0.2, 0) is 0 Å². The molecule has 6 nitrogen and oxygen atoms in total. The Morgan fingerprint density at radius 2 is 1.96 bits per heavy atom. The second kappa shape index (κ2) is 7.33. The Morgan fingerprint density at radius 3 is 2.63 bits per heavy atom. The maximum absolute atomic E-state index is 12.6. The number of aromatic nitrogens is 3. The van der Waals surface area contributed by atoms with Gasteiger partial charge >= 0.3 is 0 Å². The Morgan fingerprint density at radius 1 is 1.22 bits per heavy atom. The molecular formula is C19H22BrN5OS. The first-order valence-electron chi connectivity index (χ1n) is 9.04. The number of hydrogen-bond acceptors (Lipinski definition) is 6. The van der Waals surface area contributed by atoms with Crippen molar-refractivity contribution in [3.8, 4) is 0 Å². The fourth-order valence-corrected chi connectivity index (χ4v) is 4.81. The van der Waals surface area contributed by atoms with Gasteiger partial charge in [-0.05, 0) is 54.4 Å². The number of aryl methyl sites for hydroxylation is 2. The molecule has 1 fully saturated rings. The Hall–Kier alpha value is -1.77. The zero-order valence-corrected chi connectivity index (χ0v) is 18.0. The van der Waals surface area contributed by atoms with Crippen molar-refractivity contribution in [3.63, 3.8) is 0 Å². The molecule has 0 amide bonds. The number of H-pyrrole nitrogens is 1. The summed E-state index contributed by atoms with van der Waals surface area (Å²) in [5.74, 6) is 1.76. The molecule has 1 aliphatic rings. The lowest BCUT2D eigenvalue weighted by Gasteiger charge is -2.38. The van der Waals surface area contributed by atoms with Crippen LogP contribution in [0.4, 0.5) is 5.82 Å². The third kappa shape index (κ3) is 3.53. The normalized spacial score (nSPS) is 16.8. The van der Waals surface area contributed by atoms with Gasteiger partial charge in [0.1, 0.15) is 16.5 Å². The van der Waals surface area contributed by atoms with Crippen LogP contribution >= 0.6 is 27.3 Å². The van der Waals surface area contributed by atoms with Gasteiger partial charge in [0.2, 0.25) is 0 Å². The highest BCUT2D eigenvalue weighted by atomic mass is 79.9. The van der Waals surface area contributed by atoms with E-state index in [2.05, 4.69) is 42.6 Å². The lowest BCUT2D eigenvalue weighted by molar-refractivity contribution is 0.191. The monoisotopic (exact) mass is 447 g/mol. The minimum Gasteiger partial charge on any atom is -0.354 e. The molecule has 8 heteroatoms. The van der Waals surface area contributed by atoms with Gasteiger partial charge in [0.15, 0.2) is 0 Å². The minimum absolute atomic E-state index is 0.0265. The number of nitrogens with one attached hydrogen (secondary N) is 1. The fourth-order valence-electron chi connectivity index (χ4n) is 3.54. The molecule has 0 bridgehead atoms. The average molecular weight is 448 g/mol. The molecule has 142 valence electrons. The molecule has 0 spiro atoms. The molecule has 0 aliphatic carbocycles. The molecule has 4 rings (SSSR count). The molecule has 1 unspecified atom stereocenters. The van der Waals surface area contributed by atoms with Crippen LogP contribution in [0.3, 0.4) is 0 Å². The average Bonchev–Trinajstić information content (AvgIpc) is 2.96. The third-order valence-corrected chi connectivity index (χ3v) is 6.92. The van der Waals surface area contributed by atoms with Crippen LogP contribution in [0.2, 0.25) is 0 Å². The quantitative estimate of drug-likeness (QED) is 0.663. The molecular weight excluding hydrogens is 426 g/mol. The van der Waals surface area contributed by atoms with E-state index in [9.17, 15) is 4.79 Å². The maximum Gasteiger partial charge on any atom is 0.259 e. The summed E-state index contributed by atoms with van der Waals surface area (Å²) in [6, 6.07) is 4.13. The summed E-state index contributed by atoms with van der Waals surface area (Å²) >= 11 is 5.03. The number of thiophene rings is 1. The molecule has 3 aromatic heterocycles. The van der Waals surface area contributed by atoms with Crippen molar-refractivity contribution >= 4 is 43.3 Å². The highest BCUT2D eigenvalue weighted by molar-refractivity contribution is 9.10. The molecule has 0 radical (unpaired) electrons. The SMILES string of the molecule is Cc1sc2nc(C(C)N3CCN(c4ccc(Br)cn4)CC3)[nH]c(=O)c2c1C. The zero-order chi connectivity index (χ0) is 19.1. The molecule has 4 heterocycles. The number of nitrogens with zero attached hydrogens (tertiary/aromatic N) is 4. The highest BCUT2D eigenvalue weighted by Gasteiger charge is 2.25. The van der Waals surface area contributed by atoms with Crippen molar-refractivity contribution in [3.05, 3.63) is 49.4 Å². The van der Waals surface area contributed by atoms with Crippen molar-refractivity contribution in [1.29, 1.82) is 0 Å². The van der Waals surface area contributed by atoms with E-state index in [4.69, 9.17) is 4.98 Å². The highest BCUT2D eigenvalue weighted by Crippen LogP contribution is 2.28. The van der Waals surface area contributed by atoms with E-state index in [0.717, 1.165) is 63.0 Å². The van der Waals surface area contributed by atoms with Crippen LogP contribution in [0.5, 0.6) is 0 Å². The molecule has 27 heavy (non-hydrogen) atoms. The van der Waals surface area contributed by atoms with Crippen LogP contribution in [-0.4, -0.2) is 46.0 Å². The van der Waals surface area contributed by atoms with Crippen LogP contribution in [0, 0.1) is 13.8 Å². The minimum atomic E-state index is -0.0265. The lowest BCUT2D eigenvalue weighted by atomic mass is 10.2. The Labute approximate surface area is 170 Å². The largest absolute Gasteiger partial charge is 0.354 e. The topological polar surface area (TPSA) is 65.1 Å². The lowest BCUT2D eigenvalue weighted by Crippen LogP contribution is -2.47. The summed E-state index contributed by atoms with van der Waals surface area (Å²) in [7, 11) is 0. The van der Waals surface area contributed by atoms with E-state index in [1.807, 2.05) is 32.2 Å². The van der Waals surface area contributed by atoms with E-state index in [0.29, 0.717) is 0 Å². The van der Waals surface area contributed by atoms with E-state index >= 15 is 0 Å². The summed E-state index contributed by atoms with van der Waals surface area (Å²) < 4.78 is 0.989. The van der Waals surface area contributed by atoms with Crippen molar-refractivity contribution in [2.45, 2.75) is 26.8 Å². The predicted molar refractivity (Wildman–Crippen MR) is 114 cm³/mol. The van der Waals surface area contributed by atoms with E-state index in [-0.39, 0.29) is 11.6 Å². The zero-order valence-electron chi connectivity index (χ0n) is 15.6. The number of hydrogen-bond donors (Lipinski definition) is 1. The maximum atomic E-state index is 12.6. The number of halogens is 1. The van der Waals surface area contributed by atoms with Crippen molar-refractivity contribution in [2.24, 2.45) is 0 Å². The van der Waals surface area contributed by atoms with Crippen molar-refractivity contribution in [1.82, 2.24) is 19.9 Å². The first kappa shape index (κ1) is 18.6. The summed E-state index contributed by atoms with van der Waals surface area (Å²) in [4.78, 5) is 31.5. The summed E-state index contributed by atoms with van der Waals surface area (Å²) in [5.41, 5.74) is 1.01. The van der Waals surface area contributed by atoms with Crippen LogP contribution in [0.25, 0.3) is 10.2 Å². The second-order valence-corrected chi connectivity index (χ2v) is 9.07. The van der Waals surface area contributed by atoms with Crippen molar-refractivity contribution in [2.75, 3.05) is 31.1 Å². The Balaban J connectivity index is 1.51. The number of fused-ring (bicyclic) bond motifs is 1. The Bertz CT molecular complexity index is 1020. The summed E-state index contributed by atoms with van der Waals surface area (Å²) in [6.45, 7) is 9.77. The number of piperazine rings is 1. The van der Waals surface area contributed by atoms with Gasteiger partial charge in [-0.2, -0.15) is 0 Å². The van der Waals surface area contributed by atoms with Gasteiger partial charge in [0, 0.05) is 41.7 Å². The smallest absolute Gasteiger partial charge is 0.259 e. The first-order chi connectivity index (χ1) is 12.9. The van der Waals surface area contributed by atoms with Crippen molar-refractivity contribution < 1.29 is 0 Å². The molecule has 1 atom stereocenters. The second-order valence-electron chi connectivity index (χ2n) is 6.95. The van der Waals surface area contributed by atoms with Gasteiger partial charge in [-0.15, -0.1) is 11.3 Å². The summed E-state index contributed by atoms with van der Waals surface area (Å²) in [6.07, 6.45) is 1.83. The first-order valence-corrected chi connectivity index (χ1v) is 10.7. The Kier molecular flexibility index (Phi) is 5.05. The molecule has 1 N–H and O–H groups in total. The number of rotatable bonds is 3. The van der Waals surface area contributed by atoms with E-state index < -0.39 is 0 Å². The standard InChI is InChI=1S/C19H22BrN5OS/c1-11-13(3)27-19-16(11)18(26)22-17(23-19)12(2)24-6-8-25(9-7-24)15-5-4-14(20)10-21-15/h4-5,10,12H,6-9H2,1-3H3,(H,22,23,26). The van der Waals surface area contributed by atoms with Gasteiger partial charge in [0.25, 0.3) is 5.56 Å². The summed E-state index contributed by atoms with van der Waals surface area (Å²) in [5, 5.41) is 0.736. The molecule has 1 saturated heterocycles. The molecule has 0 saturated carbocycles. The van der Waals surface area contributed by atoms with Gasteiger partial charge in [-0.1, -0.05) is 0 Å². The fraction of sp³-hybridized carbons (Fsp3) is 0.421. The van der Waals surface area contributed by atoms with E-state index in [1.165, 1.54) is 0 Å². The number of anilines is 1. The number of aromatic amines is 1. The molecule has 0 aromatic carbocycles. The molecule has 3 aromatic rings. The van der Waals surface area contributed by atoms with Crippen LogP contribution in [0.1, 0.15) is 29.2 Å². The van der Waals surface area contributed by atoms with Gasteiger partial charge < -0.3 is 9.88 Å². The van der Waals surface area contributed by atoms with Gasteiger partial charge in [-0.3, -0.25) is 9.69 Å². The van der Waals surface area contributed by atoms with Gasteiger partial charge in [0.05, 0.1) is 11.4 Å². The number of pyridine rings is 1. The molecule has 1 aliphatic heterocycles. The third-order valence-electron chi connectivity index (χ3n) is 5.35. The van der Waals surface area contributed by atoms with Crippen LogP contribution in [0.15, 0.2) is 27.6 Å². The van der Waals surface area contributed by atoms with Crippen LogP contribution < -0.4 is 10.5 Å². The van der Waals surface area contributed by atoms with E-state index in [1.54, 1.807) is 11.3 Å². The predicted octanol–water partition coefficient (Wildman–Crippen LogP) is 3.64. The van der Waals surface area contributed by atoms with Gasteiger partial charge in [-0.25, -0.2) is 9.97 Å².